The Morgan fingerprint density at radius 1 is 1.00 bits per heavy atom. The van der Waals surface area contributed by atoms with E-state index in [1.807, 2.05) is 0 Å². The van der Waals surface area contributed by atoms with Gasteiger partial charge in [-0.15, -0.1) is 0 Å². The molecule has 6 nitrogen and oxygen atoms in total. The van der Waals surface area contributed by atoms with Crippen molar-refractivity contribution < 1.29 is 17.6 Å². The van der Waals surface area contributed by atoms with Crippen LogP contribution in [0.15, 0.2) is 84.0 Å². The number of carbonyl (C=O) groups excluding carboxylic acids is 1. The summed E-state index contributed by atoms with van der Waals surface area (Å²) in [6.45, 7) is -0.0910. The molecule has 0 spiro atoms. The summed E-state index contributed by atoms with van der Waals surface area (Å²) < 4.78 is 41.7. The van der Waals surface area contributed by atoms with Gasteiger partial charge in [-0.1, -0.05) is 42.5 Å². The molecule has 0 unspecified atom stereocenters. The molecule has 0 atom stereocenters. The van der Waals surface area contributed by atoms with E-state index >= 15 is 0 Å². The van der Waals surface area contributed by atoms with Crippen LogP contribution in [0.25, 0.3) is 10.9 Å². The smallest absolute Gasteiger partial charge is 0.245 e. The summed E-state index contributed by atoms with van der Waals surface area (Å²) >= 11 is 0. The minimum atomic E-state index is -3.84. The van der Waals surface area contributed by atoms with Crippen molar-refractivity contribution in [3.63, 3.8) is 0 Å². The predicted octanol–water partition coefficient (Wildman–Crippen LogP) is 3.79. The molecule has 1 amide bonds. The van der Waals surface area contributed by atoms with Crippen molar-refractivity contribution in [2.75, 3.05) is 5.32 Å². The lowest BCUT2D eigenvalue weighted by Crippen LogP contribution is -2.18. The highest BCUT2D eigenvalue weighted by Crippen LogP contribution is 2.28. The summed E-state index contributed by atoms with van der Waals surface area (Å²) in [7, 11) is -3.84. The molecule has 0 aliphatic rings. The Hall–Kier alpha value is -3.52. The third-order valence-electron chi connectivity index (χ3n) is 4.64. The van der Waals surface area contributed by atoms with Crippen LogP contribution >= 0.6 is 0 Å². The molecule has 0 bridgehead atoms. The third-order valence-corrected chi connectivity index (χ3v) is 6.32. The van der Waals surface area contributed by atoms with Crippen LogP contribution in [-0.2, 0) is 26.9 Å². The fourth-order valence-electron chi connectivity index (χ4n) is 3.26. The molecule has 2 aromatic carbocycles. The van der Waals surface area contributed by atoms with Crippen LogP contribution in [-0.4, -0.2) is 23.9 Å². The van der Waals surface area contributed by atoms with Crippen LogP contribution in [0.5, 0.6) is 0 Å². The minimum absolute atomic E-state index is 0.0620. The third kappa shape index (κ3) is 4.08. The summed E-state index contributed by atoms with van der Waals surface area (Å²) in [6, 6.07) is 17.9. The lowest BCUT2D eigenvalue weighted by molar-refractivity contribution is -0.116. The van der Waals surface area contributed by atoms with Gasteiger partial charge in [0.25, 0.3) is 0 Å². The van der Waals surface area contributed by atoms with Gasteiger partial charge in [0.2, 0.25) is 5.91 Å². The second kappa shape index (κ2) is 8.08. The van der Waals surface area contributed by atoms with Gasteiger partial charge in [0, 0.05) is 28.9 Å². The number of aromatic nitrogens is 2. The number of amides is 1. The molecule has 0 aliphatic carbocycles. The molecular weight excluding hydrogens is 405 g/mol. The molecule has 2 heterocycles. The summed E-state index contributed by atoms with van der Waals surface area (Å²) in [5.74, 6) is -0.966. The van der Waals surface area contributed by atoms with E-state index in [1.165, 1.54) is 24.4 Å². The van der Waals surface area contributed by atoms with Gasteiger partial charge in [-0.2, -0.15) is 0 Å². The first-order chi connectivity index (χ1) is 14.4. The second-order valence-corrected chi connectivity index (χ2v) is 8.71. The molecular formula is C22H18FN3O3S. The van der Waals surface area contributed by atoms with E-state index in [9.17, 15) is 17.6 Å². The van der Waals surface area contributed by atoms with E-state index in [0.717, 1.165) is 0 Å². The molecule has 0 fully saturated rings. The first-order valence-corrected chi connectivity index (χ1v) is 10.8. The molecule has 0 saturated heterocycles. The van der Waals surface area contributed by atoms with Crippen molar-refractivity contribution in [3.05, 3.63) is 90.5 Å². The normalized spacial score (nSPS) is 11.5. The van der Waals surface area contributed by atoms with E-state index in [0.29, 0.717) is 16.7 Å². The molecule has 30 heavy (non-hydrogen) atoms. The fourth-order valence-corrected chi connectivity index (χ4v) is 4.86. The molecule has 4 rings (SSSR count). The topological polar surface area (TPSA) is 81.1 Å². The molecule has 152 valence electrons. The van der Waals surface area contributed by atoms with Crippen molar-refractivity contribution in [3.8, 4) is 0 Å². The van der Waals surface area contributed by atoms with Crippen LogP contribution in [0.3, 0.4) is 0 Å². The van der Waals surface area contributed by atoms with Crippen LogP contribution in [0.2, 0.25) is 0 Å². The average molecular weight is 423 g/mol. The second-order valence-electron chi connectivity index (χ2n) is 6.75. The molecule has 0 aliphatic heterocycles. The summed E-state index contributed by atoms with van der Waals surface area (Å²) in [4.78, 5) is 16.6. The van der Waals surface area contributed by atoms with Gasteiger partial charge in [-0.3, -0.25) is 4.79 Å². The molecule has 1 N–H and O–H groups in total. The van der Waals surface area contributed by atoms with Gasteiger partial charge in [-0.05, 0) is 24.3 Å². The Morgan fingerprint density at radius 3 is 2.50 bits per heavy atom. The number of halogens is 1. The summed E-state index contributed by atoms with van der Waals surface area (Å²) in [6.07, 6.45) is 2.99. The Morgan fingerprint density at radius 2 is 1.73 bits per heavy atom. The van der Waals surface area contributed by atoms with Crippen molar-refractivity contribution in [2.45, 2.75) is 17.2 Å². The highest BCUT2D eigenvalue weighted by molar-refractivity contribution is 7.90. The Bertz CT molecular complexity index is 1320. The van der Waals surface area contributed by atoms with Gasteiger partial charge in [0.15, 0.2) is 9.84 Å². The van der Waals surface area contributed by atoms with E-state index in [4.69, 9.17) is 0 Å². The van der Waals surface area contributed by atoms with Gasteiger partial charge >= 0.3 is 0 Å². The van der Waals surface area contributed by atoms with E-state index in [1.54, 1.807) is 59.3 Å². The number of para-hydroxylation sites is 1. The van der Waals surface area contributed by atoms with Crippen molar-refractivity contribution in [1.82, 2.24) is 9.55 Å². The number of rotatable bonds is 6. The first kappa shape index (κ1) is 19.8. The SMILES string of the molecule is O=C(Cn1cc(S(=O)(=O)Cc2ccccc2F)c2ccccc21)Nc1ccccn1. The quantitative estimate of drug-likeness (QED) is 0.512. The largest absolute Gasteiger partial charge is 0.337 e. The summed E-state index contributed by atoms with van der Waals surface area (Å²) in [5, 5.41) is 3.17. The van der Waals surface area contributed by atoms with Crippen molar-refractivity contribution in [2.24, 2.45) is 0 Å². The van der Waals surface area contributed by atoms with Crippen molar-refractivity contribution in [1.29, 1.82) is 0 Å². The number of sulfone groups is 1. The standard InChI is InChI=1S/C22H18FN3O3S/c23-18-9-3-1-7-16(18)15-30(28,29)20-13-26(19-10-4-2-8-17(19)20)14-22(27)25-21-11-5-6-12-24-21/h1-13H,14-15H2,(H,24,25,27). The van der Waals surface area contributed by atoms with Crippen LogP contribution in [0.1, 0.15) is 5.56 Å². The van der Waals surface area contributed by atoms with Gasteiger partial charge in [0.1, 0.15) is 18.2 Å². The van der Waals surface area contributed by atoms with Crippen molar-refractivity contribution >= 4 is 32.5 Å². The zero-order valence-electron chi connectivity index (χ0n) is 15.8. The van der Waals surface area contributed by atoms with Gasteiger partial charge < -0.3 is 9.88 Å². The van der Waals surface area contributed by atoms with Crippen LogP contribution < -0.4 is 5.32 Å². The lowest BCUT2D eigenvalue weighted by atomic mass is 10.2. The zero-order chi connectivity index (χ0) is 21.1. The number of fused-ring (bicyclic) bond motifs is 1. The number of carbonyl (C=O) groups is 1. The zero-order valence-corrected chi connectivity index (χ0v) is 16.6. The maximum atomic E-state index is 14.0. The number of hydrogen-bond acceptors (Lipinski definition) is 4. The van der Waals surface area contributed by atoms with Crippen LogP contribution in [0, 0.1) is 5.82 Å². The summed E-state index contributed by atoms with van der Waals surface area (Å²) in [5.41, 5.74) is 0.697. The predicted molar refractivity (Wildman–Crippen MR) is 112 cm³/mol. The molecule has 4 aromatic rings. The minimum Gasteiger partial charge on any atom is -0.337 e. The van der Waals surface area contributed by atoms with Gasteiger partial charge in [-0.25, -0.2) is 17.8 Å². The van der Waals surface area contributed by atoms with Gasteiger partial charge in [0.05, 0.1) is 10.6 Å². The number of anilines is 1. The van der Waals surface area contributed by atoms with E-state index in [-0.39, 0.29) is 22.9 Å². The number of benzene rings is 2. The maximum Gasteiger partial charge on any atom is 0.245 e. The maximum absolute atomic E-state index is 14.0. The number of hydrogen-bond donors (Lipinski definition) is 1. The first-order valence-electron chi connectivity index (χ1n) is 9.19. The van der Waals surface area contributed by atoms with E-state index in [2.05, 4.69) is 10.3 Å². The van der Waals surface area contributed by atoms with E-state index < -0.39 is 21.4 Å². The Balaban J connectivity index is 1.67. The molecule has 0 saturated carbocycles. The average Bonchev–Trinajstić information content (AvgIpc) is 3.10. The molecule has 8 heteroatoms. The number of nitrogens with zero attached hydrogens (tertiary/aromatic N) is 2. The Labute approximate surface area is 172 Å². The monoisotopic (exact) mass is 423 g/mol. The molecule has 0 radical (unpaired) electrons. The fraction of sp³-hybridized carbons (Fsp3) is 0.0909. The number of pyridine rings is 1. The Kier molecular flexibility index (Phi) is 5.33. The highest BCUT2D eigenvalue weighted by Gasteiger charge is 2.23. The van der Waals surface area contributed by atoms with Crippen LogP contribution in [0.4, 0.5) is 10.2 Å². The molecule has 2 aromatic heterocycles. The lowest BCUT2D eigenvalue weighted by Gasteiger charge is -2.06. The number of nitrogens with one attached hydrogen (secondary N) is 1. The highest BCUT2D eigenvalue weighted by atomic mass is 32.2.